The van der Waals surface area contributed by atoms with E-state index in [1.54, 1.807) is 0 Å². The molecular formula is C14H24N2O. The van der Waals surface area contributed by atoms with Crippen LogP contribution in [-0.4, -0.2) is 37.0 Å². The summed E-state index contributed by atoms with van der Waals surface area (Å²) in [5.41, 5.74) is 0. The van der Waals surface area contributed by atoms with Crippen LogP contribution in [0.5, 0.6) is 0 Å². The molecule has 0 bridgehead atoms. The van der Waals surface area contributed by atoms with Crippen molar-refractivity contribution in [2.24, 2.45) is 5.92 Å². The average Bonchev–Trinajstić information content (AvgIpc) is 2.29. The van der Waals surface area contributed by atoms with Crippen molar-refractivity contribution >= 4 is 5.91 Å². The van der Waals surface area contributed by atoms with E-state index in [1.165, 1.54) is 32.4 Å². The number of piperidine rings is 1. The topological polar surface area (TPSA) is 32.3 Å². The van der Waals surface area contributed by atoms with Gasteiger partial charge in [0.15, 0.2) is 0 Å². The molecule has 0 radical (unpaired) electrons. The van der Waals surface area contributed by atoms with E-state index >= 15 is 0 Å². The van der Waals surface area contributed by atoms with E-state index in [0.717, 1.165) is 6.54 Å². The Morgan fingerprint density at radius 2 is 1.94 bits per heavy atom. The molecule has 1 fully saturated rings. The van der Waals surface area contributed by atoms with E-state index < -0.39 is 0 Å². The second-order valence-electron chi connectivity index (χ2n) is 5.07. The molecule has 0 aliphatic carbocycles. The molecule has 0 aromatic carbocycles. The Labute approximate surface area is 105 Å². The van der Waals surface area contributed by atoms with Gasteiger partial charge in [-0.15, -0.1) is 0 Å². The third kappa shape index (κ3) is 7.01. The lowest BCUT2D eigenvalue weighted by atomic mass is 10.1. The van der Waals surface area contributed by atoms with E-state index in [2.05, 4.69) is 22.1 Å². The van der Waals surface area contributed by atoms with E-state index in [-0.39, 0.29) is 5.91 Å². The number of carbonyl (C=O) groups excluding carboxylic acids is 1. The molecule has 1 aliphatic rings. The fourth-order valence-electron chi connectivity index (χ4n) is 1.93. The zero-order valence-electron chi connectivity index (χ0n) is 11.1. The first-order valence-electron chi connectivity index (χ1n) is 6.63. The summed E-state index contributed by atoms with van der Waals surface area (Å²) in [5.74, 6) is 6.66. The molecule has 0 unspecified atom stereocenters. The van der Waals surface area contributed by atoms with Crippen molar-refractivity contribution < 1.29 is 4.79 Å². The predicted octanol–water partition coefficient (Wildman–Crippen LogP) is 1.64. The highest BCUT2D eigenvalue weighted by molar-refractivity contribution is 5.76. The second kappa shape index (κ2) is 8.14. The maximum absolute atomic E-state index is 11.3. The lowest BCUT2D eigenvalue weighted by Crippen LogP contribution is -2.30. The molecule has 0 aromatic heterocycles. The smallest absolute Gasteiger partial charge is 0.221 e. The minimum atomic E-state index is 0.104. The lowest BCUT2D eigenvalue weighted by Gasteiger charge is -2.23. The Bertz CT molecular complexity index is 282. The minimum Gasteiger partial charge on any atom is -0.345 e. The lowest BCUT2D eigenvalue weighted by molar-refractivity contribution is -0.121. The van der Waals surface area contributed by atoms with Crippen molar-refractivity contribution in [2.75, 3.05) is 26.2 Å². The number of hydrogen-bond acceptors (Lipinski definition) is 2. The molecule has 96 valence electrons. The Morgan fingerprint density at radius 1 is 1.24 bits per heavy atom. The summed E-state index contributed by atoms with van der Waals surface area (Å²) < 4.78 is 0. The molecule has 1 rings (SSSR count). The minimum absolute atomic E-state index is 0.104. The summed E-state index contributed by atoms with van der Waals surface area (Å²) in [6, 6.07) is 0. The highest BCUT2D eigenvalue weighted by Crippen LogP contribution is 2.06. The summed E-state index contributed by atoms with van der Waals surface area (Å²) in [6.45, 7) is 7.77. The Hall–Kier alpha value is -1.01. The molecule has 1 N–H and O–H groups in total. The van der Waals surface area contributed by atoms with Crippen LogP contribution in [-0.2, 0) is 4.79 Å². The summed E-state index contributed by atoms with van der Waals surface area (Å²) in [5, 5.41) is 2.82. The quantitative estimate of drug-likeness (QED) is 0.753. The molecular weight excluding hydrogens is 212 g/mol. The molecule has 3 heteroatoms. The molecule has 0 spiro atoms. The van der Waals surface area contributed by atoms with Crippen LogP contribution < -0.4 is 5.32 Å². The van der Waals surface area contributed by atoms with Crippen LogP contribution >= 0.6 is 0 Å². The van der Waals surface area contributed by atoms with Crippen molar-refractivity contribution in [3.63, 3.8) is 0 Å². The van der Waals surface area contributed by atoms with E-state index in [9.17, 15) is 4.79 Å². The normalized spacial score (nSPS) is 16.4. The second-order valence-corrected chi connectivity index (χ2v) is 5.07. The van der Waals surface area contributed by atoms with Crippen LogP contribution in [0.4, 0.5) is 0 Å². The van der Waals surface area contributed by atoms with Gasteiger partial charge < -0.3 is 5.32 Å². The van der Waals surface area contributed by atoms with E-state index in [1.807, 2.05) is 13.8 Å². The maximum atomic E-state index is 11.3. The average molecular weight is 236 g/mol. The summed E-state index contributed by atoms with van der Waals surface area (Å²) >= 11 is 0. The summed E-state index contributed by atoms with van der Waals surface area (Å²) in [4.78, 5) is 13.7. The molecule has 1 amide bonds. The monoisotopic (exact) mass is 236 g/mol. The number of hydrogen-bond donors (Lipinski definition) is 1. The molecule has 0 saturated carbocycles. The number of carbonyl (C=O) groups is 1. The first kappa shape index (κ1) is 14.1. The highest BCUT2D eigenvalue weighted by Gasteiger charge is 2.07. The molecule has 3 nitrogen and oxygen atoms in total. The number of rotatable bonds is 4. The number of nitrogens with one attached hydrogen (secondary N) is 1. The first-order chi connectivity index (χ1) is 8.18. The van der Waals surface area contributed by atoms with Gasteiger partial charge in [0.05, 0.1) is 13.1 Å². The number of likely N-dealkylation sites (tertiary alicyclic amines) is 1. The fraction of sp³-hybridized carbons (Fsp3) is 0.786. The van der Waals surface area contributed by atoms with Crippen LogP contribution in [0.3, 0.4) is 0 Å². The van der Waals surface area contributed by atoms with Gasteiger partial charge in [-0.1, -0.05) is 32.1 Å². The zero-order chi connectivity index (χ0) is 12.5. The predicted molar refractivity (Wildman–Crippen MR) is 70.5 cm³/mol. The molecule has 1 heterocycles. The van der Waals surface area contributed by atoms with Crippen molar-refractivity contribution in [1.82, 2.24) is 10.2 Å². The fourth-order valence-corrected chi connectivity index (χ4v) is 1.93. The molecule has 0 aromatic rings. The van der Waals surface area contributed by atoms with Crippen LogP contribution in [0.2, 0.25) is 0 Å². The Morgan fingerprint density at radius 3 is 2.59 bits per heavy atom. The van der Waals surface area contributed by atoms with Gasteiger partial charge in [-0.2, -0.15) is 0 Å². The van der Waals surface area contributed by atoms with E-state index in [0.29, 0.717) is 18.9 Å². The van der Waals surface area contributed by atoms with Crippen molar-refractivity contribution in [3.05, 3.63) is 0 Å². The third-order valence-electron chi connectivity index (χ3n) is 2.84. The maximum Gasteiger partial charge on any atom is 0.221 e. The van der Waals surface area contributed by atoms with Gasteiger partial charge in [0.25, 0.3) is 0 Å². The van der Waals surface area contributed by atoms with Gasteiger partial charge in [-0.25, -0.2) is 0 Å². The van der Waals surface area contributed by atoms with E-state index in [4.69, 9.17) is 0 Å². The van der Waals surface area contributed by atoms with Gasteiger partial charge in [0.1, 0.15) is 0 Å². The number of amides is 1. The standard InChI is InChI=1S/C14H24N2O/c1-13(2)12-14(17)15-8-4-7-11-16-9-5-3-6-10-16/h13H,3,5-6,8-12H2,1-2H3,(H,15,17). The van der Waals surface area contributed by atoms with Crippen LogP contribution in [0.15, 0.2) is 0 Å². The van der Waals surface area contributed by atoms with Gasteiger partial charge in [-0.05, 0) is 31.8 Å². The van der Waals surface area contributed by atoms with Gasteiger partial charge in [0, 0.05) is 6.42 Å². The zero-order valence-corrected chi connectivity index (χ0v) is 11.1. The van der Waals surface area contributed by atoms with Crippen LogP contribution in [0.25, 0.3) is 0 Å². The number of nitrogens with zero attached hydrogens (tertiary/aromatic N) is 1. The summed E-state index contributed by atoms with van der Waals surface area (Å²) in [7, 11) is 0. The molecule has 0 atom stereocenters. The van der Waals surface area contributed by atoms with Gasteiger partial charge >= 0.3 is 0 Å². The first-order valence-corrected chi connectivity index (χ1v) is 6.63. The van der Waals surface area contributed by atoms with Crippen LogP contribution in [0.1, 0.15) is 39.5 Å². The van der Waals surface area contributed by atoms with Crippen molar-refractivity contribution in [2.45, 2.75) is 39.5 Å². The Kier molecular flexibility index (Phi) is 6.73. The van der Waals surface area contributed by atoms with Crippen molar-refractivity contribution in [1.29, 1.82) is 0 Å². The van der Waals surface area contributed by atoms with Gasteiger partial charge in [-0.3, -0.25) is 9.69 Å². The molecule has 1 aliphatic heterocycles. The van der Waals surface area contributed by atoms with Crippen molar-refractivity contribution in [3.8, 4) is 11.8 Å². The largest absolute Gasteiger partial charge is 0.345 e. The third-order valence-corrected chi connectivity index (χ3v) is 2.84. The Balaban J connectivity index is 2.07. The molecule has 1 saturated heterocycles. The highest BCUT2D eigenvalue weighted by atomic mass is 16.1. The summed E-state index contributed by atoms with van der Waals surface area (Å²) in [6.07, 6.45) is 4.54. The SMILES string of the molecule is CC(C)CC(=O)NCC#CCN1CCCCC1. The molecule has 17 heavy (non-hydrogen) atoms. The van der Waals surface area contributed by atoms with Gasteiger partial charge in [0.2, 0.25) is 5.91 Å². The van der Waals surface area contributed by atoms with Crippen LogP contribution in [0, 0.1) is 17.8 Å².